The Kier molecular flexibility index (Phi) is 8.11. The van der Waals surface area contributed by atoms with E-state index in [0.717, 1.165) is 5.56 Å². The van der Waals surface area contributed by atoms with Crippen LogP contribution in [0, 0.1) is 16.0 Å². The van der Waals surface area contributed by atoms with Crippen LogP contribution in [-0.4, -0.2) is 51.6 Å². The van der Waals surface area contributed by atoms with E-state index in [0.29, 0.717) is 51.1 Å². The van der Waals surface area contributed by atoms with Gasteiger partial charge in [0.1, 0.15) is 6.33 Å². The summed E-state index contributed by atoms with van der Waals surface area (Å²) in [4.78, 5) is 44.1. The van der Waals surface area contributed by atoms with E-state index in [1.54, 1.807) is 24.0 Å². The summed E-state index contributed by atoms with van der Waals surface area (Å²) < 4.78 is 5.08. The van der Waals surface area contributed by atoms with Crippen LogP contribution in [0.4, 0.5) is 23.0 Å². The van der Waals surface area contributed by atoms with Gasteiger partial charge >= 0.3 is 17.6 Å². The van der Waals surface area contributed by atoms with Crippen LogP contribution in [0.1, 0.15) is 38.2 Å². The van der Waals surface area contributed by atoms with Crippen molar-refractivity contribution in [3.63, 3.8) is 0 Å². The Hall–Kier alpha value is -3.76. The van der Waals surface area contributed by atoms with Crippen LogP contribution in [0.25, 0.3) is 0 Å². The number of piperidine rings is 1. The maximum absolute atomic E-state index is 12.0. The molecule has 1 aromatic carbocycles. The van der Waals surface area contributed by atoms with Gasteiger partial charge in [0.05, 0.1) is 17.4 Å². The van der Waals surface area contributed by atoms with Crippen molar-refractivity contribution in [2.75, 3.05) is 29.9 Å². The van der Waals surface area contributed by atoms with E-state index < -0.39 is 10.9 Å². The van der Waals surface area contributed by atoms with E-state index in [1.165, 1.54) is 6.33 Å². The van der Waals surface area contributed by atoms with E-state index in [-0.39, 0.29) is 35.6 Å². The molecule has 0 radical (unpaired) electrons. The van der Waals surface area contributed by atoms with Gasteiger partial charge in [-0.2, -0.15) is 0 Å². The van der Waals surface area contributed by atoms with Gasteiger partial charge in [-0.3, -0.25) is 19.7 Å². The molecule has 2 aromatic rings. The molecule has 1 aliphatic rings. The highest BCUT2D eigenvalue weighted by molar-refractivity contribution is 5.76. The number of hydrogen-bond donors (Lipinski definition) is 2. The lowest BCUT2D eigenvalue weighted by molar-refractivity contribution is -0.383. The molecule has 33 heavy (non-hydrogen) atoms. The molecule has 0 aliphatic carbocycles. The van der Waals surface area contributed by atoms with Crippen molar-refractivity contribution in [3.05, 3.63) is 46.3 Å². The highest BCUT2D eigenvalue weighted by Gasteiger charge is 2.32. The lowest BCUT2D eigenvalue weighted by Crippen LogP contribution is -2.37. The molecule has 0 unspecified atom stereocenters. The van der Waals surface area contributed by atoms with Crippen molar-refractivity contribution in [1.29, 1.82) is 0 Å². The number of aromatic nitrogens is 2. The third-order valence-corrected chi connectivity index (χ3v) is 5.47. The quantitative estimate of drug-likeness (QED) is 0.309. The van der Waals surface area contributed by atoms with E-state index in [9.17, 15) is 19.7 Å². The molecule has 1 saturated heterocycles. The fourth-order valence-electron chi connectivity index (χ4n) is 3.78. The second-order valence-electron chi connectivity index (χ2n) is 7.73. The second-order valence-corrected chi connectivity index (χ2v) is 7.73. The van der Waals surface area contributed by atoms with Gasteiger partial charge in [0.15, 0.2) is 0 Å². The number of ether oxygens (including phenoxy) is 1. The Morgan fingerprint density at radius 1 is 1.24 bits per heavy atom. The van der Waals surface area contributed by atoms with Gasteiger partial charge in [-0.05, 0) is 50.3 Å². The number of carboxylic acid groups (broad SMARTS) is 1. The molecule has 176 valence electrons. The monoisotopic (exact) mass is 457 g/mol. The third-order valence-electron chi connectivity index (χ3n) is 5.47. The molecule has 0 amide bonds. The number of rotatable bonds is 10. The van der Waals surface area contributed by atoms with Crippen LogP contribution in [0.15, 0.2) is 30.6 Å². The highest BCUT2D eigenvalue weighted by atomic mass is 16.6. The van der Waals surface area contributed by atoms with Crippen LogP contribution in [0.2, 0.25) is 0 Å². The maximum atomic E-state index is 12.0. The van der Waals surface area contributed by atoms with Crippen molar-refractivity contribution < 1.29 is 24.4 Å². The Balaban J connectivity index is 1.71. The number of carbonyl (C=O) groups excluding carboxylic acids is 1. The van der Waals surface area contributed by atoms with Crippen LogP contribution in [0.3, 0.4) is 0 Å². The van der Waals surface area contributed by atoms with Crippen molar-refractivity contribution in [3.8, 4) is 0 Å². The first-order chi connectivity index (χ1) is 15.9. The van der Waals surface area contributed by atoms with Crippen molar-refractivity contribution in [2.45, 2.75) is 39.0 Å². The molecule has 2 N–H and O–H groups in total. The van der Waals surface area contributed by atoms with Gasteiger partial charge in [0.2, 0.25) is 11.6 Å². The summed E-state index contributed by atoms with van der Waals surface area (Å²) in [5.74, 6) is -0.983. The molecular formula is C22H27N5O6. The number of anilines is 3. The highest BCUT2D eigenvalue weighted by Crippen LogP contribution is 2.35. The summed E-state index contributed by atoms with van der Waals surface area (Å²) >= 11 is 0. The minimum absolute atomic E-state index is 0.0798. The third kappa shape index (κ3) is 6.37. The van der Waals surface area contributed by atoms with Gasteiger partial charge in [-0.1, -0.05) is 12.1 Å². The van der Waals surface area contributed by atoms with Crippen molar-refractivity contribution in [1.82, 2.24) is 9.97 Å². The first-order valence-corrected chi connectivity index (χ1v) is 10.9. The number of hydrogen-bond acceptors (Lipinski definition) is 9. The summed E-state index contributed by atoms with van der Waals surface area (Å²) in [5, 5.41) is 23.6. The van der Waals surface area contributed by atoms with Crippen LogP contribution < -0.4 is 10.2 Å². The number of carbonyl (C=O) groups is 2. The molecule has 3 rings (SSSR count). The number of carboxylic acids is 1. The molecule has 1 aromatic heterocycles. The van der Waals surface area contributed by atoms with E-state index >= 15 is 0 Å². The smallest absolute Gasteiger partial charge is 0.353 e. The maximum Gasteiger partial charge on any atom is 0.353 e. The number of nitrogens with one attached hydrogen (secondary N) is 1. The van der Waals surface area contributed by atoms with Crippen molar-refractivity contribution in [2.24, 2.45) is 5.92 Å². The fourth-order valence-corrected chi connectivity index (χ4v) is 3.78. The standard InChI is InChI=1S/C22H27N5O6/c1-2-33-22(30)16-10-12-26(13-11-16)21-19(27(31)32)20(23-14-24-21)25-17-8-6-15(7-9-17)4-3-5-18(28)29/h6-9,14,16H,2-5,10-13H2,1H3,(H,28,29)(H,23,24,25). The minimum Gasteiger partial charge on any atom is -0.481 e. The Bertz CT molecular complexity index is 989. The Morgan fingerprint density at radius 2 is 1.94 bits per heavy atom. The summed E-state index contributed by atoms with van der Waals surface area (Å²) in [6, 6.07) is 7.23. The first kappa shape index (κ1) is 23.9. The molecule has 1 fully saturated rings. The van der Waals surface area contributed by atoms with E-state index in [2.05, 4.69) is 15.3 Å². The number of aryl methyl sites for hydroxylation is 1. The lowest BCUT2D eigenvalue weighted by atomic mass is 9.97. The predicted octanol–water partition coefficient (Wildman–Crippen LogP) is 3.32. The topological polar surface area (TPSA) is 148 Å². The number of esters is 1. The Morgan fingerprint density at radius 3 is 2.55 bits per heavy atom. The molecule has 2 heterocycles. The first-order valence-electron chi connectivity index (χ1n) is 10.9. The van der Waals surface area contributed by atoms with Gasteiger partial charge < -0.3 is 20.1 Å². The molecular weight excluding hydrogens is 430 g/mol. The predicted molar refractivity (Wildman–Crippen MR) is 121 cm³/mol. The molecule has 0 bridgehead atoms. The lowest BCUT2D eigenvalue weighted by Gasteiger charge is -2.31. The van der Waals surface area contributed by atoms with Crippen LogP contribution >= 0.6 is 0 Å². The van der Waals surface area contributed by atoms with Gasteiger partial charge in [0.25, 0.3) is 0 Å². The summed E-state index contributed by atoms with van der Waals surface area (Å²) in [7, 11) is 0. The number of benzene rings is 1. The van der Waals surface area contributed by atoms with Gasteiger partial charge in [0, 0.05) is 25.2 Å². The number of nitro groups is 1. The average molecular weight is 457 g/mol. The average Bonchev–Trinajstić information content (AvgIpc) is 2.80. The van der Waals surface area contributed by atoms with Gasteiger partial charge in [-0.25, -0.2) is 9.97 Å². The zero-order valence-corrected chi connectivity index (χ0v) is 18.4. The van der Waals surface area contributed by atoms with Crippen LogP contribution in [0.5, 0.6) is 0 Å². The Labute approximate surface area is 190 Å². The fraction of sp³-hybridized carbons (Fsp3) is 0.455. The molecule has 11 heteroatoms. The van der Waals surface area contributed by atoms with E-state index in [4.69, 9.17) is 9.84 Å². The number of aliphatic carboxylic acids is 1. The normalized spacial score (nSPS) is 14.0. The largest absolute Gasteiger partial charge is 0.481 e. The molecule has 0 atom stereocenters. The summed E-state index contributed by atoms with van der Waals surface area (Å²) in [5.41, 5.74) is 1.37. The summed E-state index contributed by atoms with van der Waals surface area (Å²) in [6.07, 6.45) is 3.62. The molecule has 0 spiro atoms. The zero-order valence-electron chi connectivity index (χ0n) is 18.4. The zero-order chi connectivity index (χ0) is 23.8. The SMILES string of the molecule is CCOC(=O)C1CCN(c2ncnc(Nc3ccc(CCCC(=O)O)cc3)c2[N+](=O)[O-])CC1. The van der Waals surface area contributed by atoms with Crippen LogP contribution in [-0.2, 0) is 20.7 Å². The molecule has 0 saturated carbocycles. The summed E-state index contributed by atoms with van der Waals surface area (Å²) in [6.45, 7) is 2.99. The minimum atomic E-state index is -0.828. The van der Waals surface area contributed by atoms with Crippen molar-refractivity contribution >= 4 is 34.9 Å². The van der Waals surface area contributed by atoms with Gasteiger partial charge in [-0.15, -0.1) is 0 Å². The molecule has 11 nitrogen and oxygen atoms in total. The van der Waals surface area contributed by atoms with E-state index in [1.807, 2.05) is 12.1 Å². The second kappa shape index (κ2) is 11.2. The number of nitrogens with zero attached hydrogens (tertiary/aromatic N) is 4. The molecule has 1 aliphatic heterocycles.